The summed E-state index contributed by atoms with van der Waals surface area (Å²) in [6.07, 6.45) is 0.532. The van der Waals surface area contributed by atoms with Crippen molar-refractivity contribution in [3.8, 4) is 17.2 Å². The van der Waals surface area contributed by atoms with Crippen LogP contribution in [-0.4, -0.2) is 57.3 Å². The molecular formula is C36H36N6O4S2. The van der Waals surface area contributed by atoms with Crippen molar-refractivity contribution in [1.82, 2.24) is 25.1 Å². The number of para-hydroxylation sites is 1. The molecule has 3 aromatic carbocycles. The molecule has 10 nitrogen and oxygen atoms in total. The number of aromatic nitrogens is 3. The highest BCUT2D eigenvalue weighted by Crippen LogP contribution is 2.42. The topological polar surface area (TPSA) is 111 Å². The van der Waals surface area contributed by atoms with Crippen LogP contribution in [0.4, 0.5) is 0 Å². The van der Waals surface area contributed by atoms with E-state index in [1.165, 1.54) is 11.8 Å². The first-order valence-corrected chi connectivity index (χ1v) is 17.3. The van der Waals surface area contributed by atoms with Crippen LogP contribution >= 0.6 is 23.1 Å². The Morgan fingerprint density at radius 1 is 0.958 bits per heavy atom. The fourth-order valence-corrected chi connectivity index (χ4v) is 7.24. The maximum Gasteiger partial charge on any atom is 0.253 e. The molecule has 0 aliphatic carbocycles. The third-order valence-corrected chi connectivity index (χ3v) is 9.91. The first kappa shape index (κ1) is 33.0. The van der Waals surface area contributed by atoms with Gasteiger partial charge < -0.3 is 14.8 Å². The van der Waals surface area contributed by atoms with Gasteiger partial charge >= 0.3 is 0 Å². The lowest BCUT2D eigenvalue weighted by Crippen LogP contribution is -2.29. The van der Waals surface area contributed by atoms with Gasteiger partial charge in [-0.05, 0) is 67.6 Å². The molecule has 2 amide bonds. The molecule has 1 aliphatic heterocycles. The molecule has 6 rings (SSSR count). The molecule has 3 heterocycles. The number of nitrogens with zero attached hydrogens (tertiary/aromatic N) is 5. The number of ether oxygens (including phenoxy) is 2. The monoisotopic (exact) mass is 680 g/mol. The van der Waals surface area contributed by atoms with Gasteiger partial charge in [0.2, 0.25) is 0 Å². The lowest BCUT2D eigenvalue weighted by atomic mass is 9.99. The number of aryl methyl sites for hydroxylation is 3. The van der Waals surface area contributed by atoms with Gasteiger partial charge in [0.1, 0.15) is 0 Å². The minimum Gasteiger partial charge on any atom is -0.493 e. The van der Waals surface area contributed by atoms with Crippen LogP contribution in [0.2, 0.25) is 0 Å². The molecule has 1 atom stereocenters. The van der Waals surface area contributed by atoms with Gasteiger partial charge in [0, 0.05) is 17.5 Å². The quantitative estimate of drug-likeness (QED) is 0.155. The Hall–Kier alpha value is -4.94. The largest absolute Gasteiger partial charge is 0.493 e. The van der Waals surface area contributed by atoms with Crippen LogP contribution in [0.1, 0.15) is 55.8 Å². The van der Waals surface area contributed by atoms with Crippen LogP contribution in [-0.2, 0) is 11.3 Å². The van der Waals surface area contributed by atoms with E-state index in [0.717, 1.165) is 38.5 Å². The Labute approximate surface area is 287 Å². The lowest BCUT2D eigenvalue weighted by Gasteiger charge is -2.24. The SMILES string of the molecule is COc1cccc(C2CC(c3cccs3)=NN2C(=O)CSc2nnc(CNC(=O)c3cccc(C)c3)n2-c2cc(C)ccc2C)c1OC. The molecule has 0 bridgehead atoms. The standard InChI is InChI=1S/C36H36N6O4S2/c1-22-9-6-10-25(17-22)35(44)37-20-32-38-39-36(41(32)28-18-23(2)14-15-24(28)3)48-21-33(43)42-29(19-27(40-42)31-13-8-16-47-31)26-11-7-12-30(45-4)34(26)46-5/h6-18,29H,19-21H2,1-5H3,(H,37,44). The van der Waals surface area contributed by atoms with Crippen molar-refractivity contribution in [2.75, 3.05) is 20.0 Å². The number of carbonyl (C=O) groups is 2. The predicted octanol–water partition coefficient (Wildman–Crippen LogP) is 6.67. The Morgan fingerprint density at radius 2 is 1.77 bits per heavy atom. The second kappa shape index (κ2) is 14.4. The van der Waals surface area contributed by atoms with E-state index < -0.39 is 0 Å². The van der Waals surface area contributed by atoms with Crippen LogP contribution in [0.5, 0.6) is 11.5 Å². The zero-order valence-electron chi connectivity index (χ0n) is 27.4. The lowest BCUT2D eigenvalue weighted by molar-refractivity contribution is -0.130. The second-order valence-electron chi connectivity index (χ2n) is 11.4. The summed E-state index contributed by atoms with van der Waals surface area (Å²) in [6, 6.07) is 22.8. The first-order chi connectivity index (χ1) is 23.3. The maximum atomic E-state index is 14.1. The van der Waals surface area contributed by atoms with E-state index in [9.17, 15) is 9.59 Å². The summed E-state index contributed by atoms with van der Waals surface area (Å²) >= 11 is 2.87. The number of carbonyl (C=O) groups excluding carboxylic acids is 2. The van der Waals surface area contributed by atoms with Crippen molar-refractivity contribution in [3.63, 3.8) is 0 Å². The van der Waals surface area contributed by atoms with Gasteiger partial charge in [-0.3, -0.25) is 14.2 Å². The van der Waals surface area contributed by atoms with Crippen LogP contribution in [0.3, 0.4) is 0 Å². The number of methoxy groups -OCH3 is 2. The Morgan fingerprint density at radius 3 is 2.52 bits per heavy atom. The third kappa shape index (κ3) is 6.85. The number of nitrogens with one attached hydrogen (secondary N) is 1. The normalized spacial score (nSPS) is 14.1. The highest BCUT2D eigenvalue weighted by Gasteiger charge is 2.36. The molecule has 0 radical (unpaired) electrons. The van der Waals surface area contributed by atoms with Crippen molar-refractivity contribution in [3.05, 3.63) is 117 Å². The van der Waals surface area contributed by atoms with Gasteiger partial charge in [-0.15, -0.1) is 21.5 Å². The van der Waals surface area contributed by atoms with Crippen LogP contribution in [0.25, 0.3) is 5.69 Å². The molecule has 1 N–H and O–H groups in total. The first-order valence-electron chi connectivity index (χ1n) is 15.4. The zero-order valence-corrected chi connectivity index (χ0v) is 29.0. The number of thiophene rings is 1. The Balaban J connectivity index is 1.29. The summed E-state index contributed by atoms with van der Waals surface area (Å²) in [5.41, 5.74) is 6.18. The summed E-state index contributed by atoms with van der Waals surface area (Å²) in [4.78, 5) is 28.1. The predicted molar refractivity (Wildman–Crippen MR) is 189 cm³/mol. The van der Waals surface area contributed by atoms with E-state index in [-0.39, 0.29) is 30.2 Å². The minimum atomic E-state index is -0.385. The second-order valence-corrected chi connectivity index (χ2v) is 13.3. The van der Waals surface area contributed by atoms with E-state index in [0.29, 0.717) is 34.5 Å². The molecule has 0 saturated heterocycles. The van der Waals surface area contributed by atoms with Crippen LogP contribution in [0, 0.1) is 20.8 Å². The molecular weight excluding hydrogens is 645 g/mol. The zero-order chi connectivity index (χ0) is 33.8. The van der Waals surface area contributed by atoms with E-state index in [4.69, 9.17) is 14.6 Å². The average Bonchev–Trinajstić information content (AvgIpc) is 3.87. The van der Waals surface area contributed by atoms with E-state index >= 15 is 0 Å². The fourth-order valence-electron chi connectivity index (χ4n) is 5.70. The van der Waals surface area contributed by atoms with E-state index in [1.54, 1.807) is 36.6 Å². The summed E-state index contributed by atoms with van der Waals surface area (Å²) in [7, 11) is 3.19. The molecule has 0 spiro atoms. The molecule has 1 aliphatic rings. The summed E-state index contributed by atoms with van der Waals surface area (Å²) in [5.74, 6) is 1.38. The third-order valence-electron chi connectivity index (χ3n) is 8.08. The molecule has 1 unspecified atom stereocenters. The van der Waals surface area contributed by atoms with E-state index in [2.05, 4.69) is 21.6 Å². The van der Waals surface area contributed by atoms with Gasteiger partial charge in [-0.1, -0.05) is 59.8 Å². The Kier molecular flexibility index (Phi) is 9.93. The van der Waals surface area contributed by atoms with Gasteiger partial charge in [0.15, 0.2) is 22.5 Å². The highest BCUT2D eigenvalue weighted by molar-refractivity contribution is 7.99. The fraction of sp³-hybridized carbons (Fsp3) is 0.250. The number of thioether (sulfide) groups is 1. The number of hydrogen-bond acceptors (Lipinski definition) is 9. The number of hydrazone groups is 1. The van der Waals surface area contributed by atoms with Gasteiger partial charge in [0.25, 0.3) is 11.8 Å². The molecule has 246 valence electrons. The highest BCUT2D eigenvalue weighted by atomic mass is 32.2. The summed E-state index contributed by atoms with van der Waals surface area (Å²) in [5, 5.41) is 20.9. The molecule has 12 heteroatoms. The van der Waals surface area contributed by atoms with Crippen molar-refractivity contribution < 1.29 is 19.1 Å². The number of amides is 2. The van der Waals surface area contributed by atoms with Gasteiger partial charge in [-0.25, -0.2) is 5.01 Å². The number of rotatable bonds is 11. The van der Waals surface area contributed by atoms with Gasteiger partial charge in [0.05, 0.1) is 48.8 Å². The summed E-state index contributed by atoms with van der Waals surface area (Å²) in [6.45, 7) is 6.14. The molecule has 48 heavy (non-hydrogen) atoms. The van der Waals surface area contributed by atoms with Crippen molar-refractivity contribution >= 4 is 40.6 Å². The number of benzene rings is 3. The maximum absolute atomic E-state index is 14.1. The van der Waals surface area contributed by atoms with E-state index in [1.807, 2.05) is 91.4 Å². The summed E-state index contributed by atoms with van der Waals surface area (Å²) < 4.78 is 13.2. The number of hydrogen-bond donors (Lipinski definition) is 1. The smallest absolute Gasteiger partial charge is 0.253 e. The molecule has 5 aromatic rings. The molecule has 0 fully saturated rings. The molecule has 2 aromatic heterocycles. The van der Waals surface area contributed by atoms with Crippen molar-refractivity contribution in [2.24, 2.45) is 5.10 Å². The molecule has 0 saturated carbocycles. The van der Waals surface area contributed by atoms with Crippen molar-refractivity contribution in [2.45, 2.75) is 44.9 Å². The van der Waals surface area contributed by atoms with Crippen molar-refractivity contribution in [1.29, 1.82) is 0 Å². The van der Waals surface area contributed by atoms with Crippen LogP contribution in [0.15, 0.2) is 88.4 Å². The Bertz CT molecular complexity index is 1990. The van der Waals surface area contributed by atoms with Crippen LogP contribution < -0.4 is 14.8 Å². The average molecular weight is 681 g/mol. The minimum absolute atomic E-state index is 0.0582. The van der Waals surface area contributed by atoms with Gasteiger partial charge in [-0.2, -0.15) is 5.10 Å².